The van der Waals surface area contributed by atoms with E-state index < -0.39 is 9.84 Å². The van der Waals surface area contributed by atoms with Crippen LogP contribution in [0.5, 0.6) is 0 Å². The predicted octanol–water partition coefficient (Wildman–Crippen LogP) is 2.54. The molecule has 128 valence electrons. The third-order valence-electron chi connectivity index (χ3n) is 5.15. The molecule has 0 radical (unpaired) electrons. The van der Waals surface area contributed by atoms with E-state index in [1.54, 1.807) is 12.1 Å². The molecule has 2 aliphatic rings. The molecule has 2 heterocycles. The van der Waals surface area contributed by atoms with Crippen molar-refractivity contribution >= 4 is 9.84 Å². The Labute approximate surface area is 140 Å². The molecule has 4 nitrogen and oxygen atoms in total. The van der Waals surface area contributed by atoms with Crippen LogP contribution in [0, 0.1) is 0 Å². The lowest BCUT2D eigenvalue weighted by molar-refractivity contribution is 0.106. The van der Waals surface area contributed by atoms with E-state index in [4.69, 9.17) is 0 Å². The Morgan fingerprint density at radius 2 is 1.65 bits per heavy atom. The first-order valence-corrected chi connectivity index (χ1v) is 10.7. The molecule has 5 heteroatoms. The second kappa shape index (κ2) is 7.32. The van der Waals surface area contributed by atoms with Crippen molar-refractivity contribution in [3.63, 3.8) is 0 Å². The predicted molar refractivity (Wildman–Crippen MR) is 93.3 cm³/mol. The third kappa shape index (κ3) is 4.55. The number of hydrogen-bond donors (Lipinski definition) is 0. The van der Waals surface area contributed by atoms with Gasteiger partial charge in [0, 0.05) is 25.4 Å². The largest absolute Gasteiger partial charge is 0.302 e. The van der Waals surface area contributed by atoms with Gasteiger partial charge in [0.2, 0.25) is 0 Å². The zero-order chi connectivity index (χ0) is 16.3. The van der Waals surface area contributed by atoms with Crippen LogP contribution in [-0.4, -0.2) is 56.7 Å². The molecule has 0 N–H and O–H groups in total. The highest BCUT2D eigenvalue weighted by Gasteiger charge is 2.25. The third-order valence-corrected chi connectivity index (χ3v) is 6.28. The van der Waals surface area contributed by atoms with Crippen molar-refractivity contribution in [2.45, 2.75) is 49.6 Å². The summed E-state index contributed by atoms with van der Waals surface area (Å²) in [6.07, 6.45) is 7.86. The lowest BCUT2D eigenvalue weighted by atomic mass is 10.0. The Morgan fingerprint density at radius 3 is 2.30 bits per heavy atom. The van der Waals surface area contributed by atoms with Gasteiger partial charge < -0.3 is 4.90 Å². The van der Waals surface area contributed by atoms with E-state index in [0.717, 1.165) is 13.1 Å². The molecule has 2 fully saturated rings. The standard InChI is InChI=1S/C18H28N2O2S/c1-23(21,22)18-9-7-16(8-10-18)14-20-13-3-2-6-17(20)15-19-11-4-5-12-19/h7-10,17H,2-6,11-15H2,1H3/t17-/m0/s1. The molecule has 23 heavy (non-hydrogen) atoms. The second-order valence-electron chi connectivity index (χ2n) is 7.04. The molecule has 1 atom stereocenters. The smallest absolute Gasteiger partial charge is 0.175 e. The van der Waals surface area contributed by atoms with Crippen molar-refractivity contribution in [3.8, 4) is 0 Å². The molecule has 0 unspecified atom stereocenters. The Hall–Kier alpha value is -0.910. The lowest BCUT2D eigenvalue weighted by Gasteiger charge is -2.38. The maximum absolute atomic E-state index is 11.6. The number of likely N-dealkylation sites (tertiary alicyclic amines) is 2. The molecule has 1 aromatic carbocycles. The molecule has 3 rings (SSSR count). The normalized spacial score (nSPS) is 24.1. The van der Waals surface area contributed by atoms with Gasteiger partial charge in [-0.3, -0.25) is 4.90 Å². The number of hydrogen-bond acceptors (Lipinski definition) is 4. The maximum atomic E-state index is 11.6. The van der Waals surface area contributed by atoms with E-state index in [2.05, 4.69) is 9.80 Å². The highest BCUT2D eigenvalue weighted by molar-refractivity contribution is 7.90. The van der Waals surface area contributed by atoms with Crippen LogP contribution in [0.1, 0.15) is 37.7 Å². The van der Waals surface area contributed by atoms with Crippen LogP contribution < -0.4 is 0 Å². The van der Waals surface area contributed by atoms with Crippen molar-refractivity contribution in [2.24, 2.45) is 0 Å². The summed E-state index contributed by atoms with van der Waals surface area (Å²) in [5, 5.41) is 0. The molecule has 0 aliphatic carbocycles. The van der Waals surface area contributed by atoms with E-state index in [1.807, 2.05) is 12.1 Å². The number of sulfone groups is 1. The van der Waals surface area contributed by atoms with Crippen molar-refractivity contribution in [1.29, 1.82) is 0 Å². The number of benzene rings is 1. The summed E-state index contributed by atoms with van der Waals surface area (Å²) in [6, 6.07) is 8.07. The molecular weight excluding hydrogens is 308 g/mol. The molecule has 0 spiro atoms. The van der Waals surface area contributed by atoms with Crippen LogP contribution in [0.3, 0.4) is 0 Å². The van der Waals surface area contributed by atoms with Gasteiger partial charge in [-0.1, -0.05) is 18.6 Å². The Kier molecular flexibility index (Phi) is 5.39. The second-order valence-corrected chi connectivity index (χ2v) is 9.06. The van der Waals surface area contributed by atoms with Crippen LogP contribution in [0.4, 0.5) is 0 Å². The summed E-state index contributed by atoms with van der Waals surface area (Å²) >= 11 is 0. The Balaban J connectivity index is 1.64. The van der Waals surface area contributed by atoms with Crippen molar-refractivity contribution in [1.82, 2.24) is 9.80 Å². The average molecular weight is 337 g/mol. The van der Waals surface area contributed by atoms with E-state index in [-0.39, 0.29) is 0 Å². The summed E-state index contributed by atoms with van der Waals surface area (Å²) in [6.45, 7) is 5.80. The fourth-order valence-corrected chi connectivity index (χ4v) is 4.45. The molecule has 2 aliphatic heterocycles. The monoisotopic (exact) mass is 336 g/mol. The summed E-state index contributed by atoms with van der Waals surface area (Å²) < 4.78 is 23.1. The highest BCUT2D eigenvalue weighted by Crippen LogP contribution is 2.22. The minimum atomic E-state index is -3.10. The molecule has 0 amide bonds. The minimum Gasteiger partial charge on any atom is -0.302 e. The first-order valence-electron chi connectivity index (χ1n) is 8.78. The van der Waals surface area contributed by atoms with E-state index in [1.165, 1.54) is 63.6 Å². The van der Waals surface area contributed by atoms with Gasteiger partial charge in [0.15, 0.2) is 9.84 Å². The van der Waals surface area contributed by atoms with Gasteiger partial charge in [0.05, 0.1) is 4.90 Å². The van der Waals surface area contributed by atoms with Crippen molar-refractivity contribution in [3.05, 3.63) is 29.8 Å². The molecule has 1 aromatic rings. The Morgan fingerprint density at radius 1 is 1.00 bits per heavy atom. The highest BCUT2D eigenvalue weighted by atomic mass is 32.2. The molecule has 2 saturated heterocycles. The summed E-state index contributed by atoms with van der Waals surface area (Å²) in [4.78, 5) is 5.61. The maximum Gasteiger partial charge on any atom is 0.175 e. The van der Waals surface area contributed by atoms with Crippen molar-refractivity contribution < 1.29 is 8.42 Å². The van der Waals surface area contributed by atoms with Gasteiger partial charge in [0.1, 0.15) is 0 Å². The fraction of sp³-hybridized carbons (Fsp3) is 0.667. The molecular formula is C18H28N2O2S. The first-order chi connectivity index (χ1) is 11.0. The lowest BCUT2D eigenvalue weighted by Crippen LogP contribution is -2.45. The molecule has 0 saturated carbocycles. The average Bonchev–Trinajstić information content (AvgIpc) is 3.02. The van der Waals surface area contributed by atoms with Gasteiger partial charge in [-0.15, -0.1) is 0 Å². The number of nitrogens with zero attached hydrogens (tertiary/aromatic N) is 2. The topological polar surface area (TPSA) is 40.6 Å². The van der Waals surface area contributed by atoms with Crippen LogP contribution >= 0.6 is 0 Å². The zero-order valence-corrected chi connectivity index (χ0v) is 14.9. The van der Waals surface area contributed by atoms with Crippen LogP contribution in [0.2, 0.25) is 0 Å². The van der Waals surface area contributed by atoms with E-state index in [9.17, 15) is 8.42 Å². The quantitative estimate of drug-likeness (QED) is 0.828. The van der Waals surface area contributed by atoms with E-state index in [0.29, 0.717) is 10.9 Å². The zero-order valence-electron chi connectivity index (χ0n) is 14.1. The number of piperidine rings is 1. The van der Waals surface area contributed by atoms with Crippen LogP contribution in [0.25, 0.3) is 0 Å². The van der Waals surface area contributed by atoms with Crippen molar-refractivity contribution in [2.75, 3.05) is 32.4 Å². The van der Waals surface area contributed by atoms with Gasteiger partial charge in [-0.05, 0) is 63.0 Å². The summed E-state index contributed by atoms with van der Waals surface area (Å²) in [5.41, 5.74) is 1.21. The SMILES string of the molecule is CS(=O)(=O)c1ccc(CN2CCCC[C@H]2CN2CCCC2)cc1. The van der Waals surface area contributed by atoms with Gasteiger partial charge in [-0.25, -0.2) is 8.42 Å². The van der Waals surface area contributed by atoms with Crippen LogP contribution in [-0.2, 0) is 16.4 Å². The summed E-state index contributed by atoms with van der Waals surface area (Å²) in [5.74, 6) is 0. The van der Waals surface area contributed by atoms with Gasteiger partial charge >= 0.3 is 0 Å². The number of rotatable bonds is 5. The minimum absolute atomic E-state index is 0.411. The molecule has 0 bridgehead atoms. The van der Waals surface area contributed by atoms with E-state index >= 15 is 0 Å². The van der Waals surface area contributed by atoms with Crippen LogP contribution in [0.15, 0.2) is 29.2 Å². The first kappa shape index (κ1) is 16.9. The molecule has 0 aromatic heterocycles. The van der Waals surface area contributed by atoms with Gasteiger partial charge in [-0.2, -0.15) is 0 Å². The Bertz CT molecular complexity index is 606. The van der Waals surface area contributed by atoms with Gasteiger partial charge in [0.25, 0.3) is 0 Å². The fourth-order valence-electron chi connectivity index (χ4n) is 3.81. The summed E-state index contributed by atoms with van der Waals surface area (Å²) in [7, 11) is -3.10.